The summed E-state index contributed by atoms with van der Waals surface area (Å²) in [6, 6.07) is 0. The van der Waals surface area contributed by atoms with E-state index in [9.17, 15) is 18.0 Å². The average molecular weight is 194 g/mol. The zero-order chi connectivity index (χ0) is 9.78. The van der Waals surface area contributed by atoms with Gasteiger partial charge < -0.3 is 5.11 Å². The molecule has 6 heteroatoms. The van der Waals surface area contributed by atoms with E-state index in [0.29, 0.717) is 0 Å². The summed E-state index contributed by atoms with van der Waals surface area (Å²) in [6.07, 6.45) is -0.449. The third kappa shape index (κ3) is 5.84. The molecule has 0 aromatic rings. The van der Waals surface area contributed by atoms with Crippen LogP contribution in [0.3, 0.4) is 0 Å². The molecule has 0 amide bonds. The third-order valence-electron chi connectivity index (χ3n) is 1.05. The minimum atomic E-state index is -3.51. The molecule has 0 radical (unpaired) electrons. The topological polar surface area (TPSA) is 88.5 Å². The molecule has 0 aromatic carbocycles. The summed E-state index contributed by atoms with van der Waals surface area (Å²) in [6.45, 7) is 1.15. The van der Waals surface area contributed by atoms with E-state index in [-0.39, 0.29) is 0 Å². The number of rotatable bonds is 5. The molecule has 0 aliphatic rings. The van der Waals surface area contributed by atoms with E-state index in [0.717, 1.165) is 6.92 Å². The highest BCUT2D eigenvalue weighted by molar-refractivity contribution is 7.92. The van der Waals surface area contributed by atoms with Crippen LogP contribution in [0.25, 0.3) is 0 Å². The zero-order valence-corrected chi connectivity index (χ0v) is 7.43. The van der Waals surface area contributed by atoms with Crippen molar-refractivity contribution in [3.63, 3.8) is 0 Å². The van der Waals surface area contributed by atoms with Gasteiger partial charge in [0.15, 0.2) is 9.84 Å². The average Bonchev–Trinajstić information content (AvgIpc) is 1.81. The summed E-state index contributed by atoms with van der Waals surface area (Å²) < 4.78 is 21.7. The Morgan fingerprint density at radius 3 is 2.17 bits per heavy atom. The van der Waals surface area contributed by atoms with Gasteiger partial charge in [-0.1, -0.05) is 0 Å². The first-order valence-electron chi connectivity index (χ1n) is 3.25. The van der Waals surface area contributed by atoms with E-state index in [4.69, 9.17) is 5.11 Å². The molecule has 12 heavy (non-hydrogen) atoms. The molecule has 0 fully saturated rings. The first-order chi connectivity index (χ1) is 5.33. The number of aliphatic carboxylic acids is 1. The highest BCUT2D eigenvalue weighted by Gasteiger charge is 2.14. The second-order valence-corrected chi connectivity index (χ2v) is 4.62. The molecule has 0 spiro atoms. The van der Waals surface area contributed by atoms with Gasteiger partial charge in [0.1, 0.15) is 11.5 Å². The van der Waals surface area contributed by atoms with Crippen molar-refractivity contribution in [1.29, 1.82) is 0 Å². The van der Waals surface area contributed by atoms with Gasteiger partial charge in [-0.3, -0.25) is 9.59 Å². The number of carboxylic acid groups (broad SMARTS) is 1. The van der Waals surface area contributed by atoms with Crippen LogP contribution >= 0.6 is 0 Å². The number of sulfone groups is 1. The first-order valence-corrected chi connectivity index (χ1v) is 5.07. The summed E-state index contributed by atoms with van der Waals surface area (Å²) in [5.74, 6) is -2.69. The fourth-order valence-electron chi connectivity index (χ4n) is 0.625. The van der Waals surface area contributed by atoms with Crippen molar-refractivity contribution in [1.82, 2.24) is 0 Å². The lowest BCUT2D eigenvalue weighted by Crippen LogP contribution is -2.18. The van der Waals surface area contributed by atoms with Crippen LogP contribution in [0.4, 0.5) is 0 Å². The van der Waals surface area contributed by atoms with Crippen LogP contribution < -0.4 is 0 Å². The Balaban J connectivity index is 4.06. The highest BCUT2D eigenvalue weighted by atomic mass is 32.2. The summed E-state index contributed by atoms with van der Waals surface area (Å²) >= 11 is 0. The van der Waals surface area contributed by atoms with Crippen molar-refractivity contribution in [2.45, 2.75) is 13.3 Å². The van der Waals surface area contributed by atoms with Crippen LogP contribution in [0.1, 0.15) is 13.3 Å². The number of carboxylic acids is 1. The molecular formula is C6H10O5S. The normalized spacial score (nSPS) is 11.1. The van der Waals surface area contributed by atoms with Crippen LogP contribution in [-0.4, -0.2) is 36.8 Å². The molecule has 0 rings (SSSR count). The Hall–Kier alpha value is -0.910. The molecule has 0 saturated carbocycles. The van der Waals surface area contributed by atoms with E-state index in [1.807, 2.05) is 0 Å². The quantitative estimate of drug-likeness (QED) is 0.635. The molecule has 1 N–H and O–H groups in total. The van der Waals surface area contributed by atoms with Gasteiger partial charge in [-0.05, 0) is 6.92 Å². The van der Waals surface area contributed by atoms with Gasteiger partial charge >= 0.3 is 5.97 Å². The molecule has 5 nitrogen and oxygen atoms in total. The van der Waals surface area contributed by atoms with Gasteiger partial charge in [0.05, 0.1) is 12.2 Å². The van der Waals surface area contributed by atoms with Gasteiger partial charge in [0.2, 0.25) is 0 Å². The fraction of sp³-hybridized carbons (Fsp3) is 0.667. The second kappa shape index (κ2) is 4.20. The van der Waals surface area contributed by atoms with Crippen LogP contribution in [0, 0.1) is 0 Å². The Kier molecular flexibility index (Phi) is 3.88. The summed E-state index contributed by atoms with van der Waals surface area (Å²) in [4.78, 5) is 20.4. The fourth-order valence-corrected chi connectivity index (χ4v) is 1.87. The van der Waals surface area contributed by atoms with Crippen LogP contribution in [-0.2, 0) is 19.4 Å². The predicted molar refractivity (Wildman–Crippen MR) is 41.6 cm³/mol. The number of hydrogen-bond donors (Lipinski definition) is 1. The van der Waals surface area contributed by atoms with E-state index >= 15 is 0 Å². The monoisotopic (exact) mass is 194 g/mol. The summed E-state index contributed by atoms with van der Waals surface area (Å²) in [5.41, 5.74) is 0. The Bertz CT molecular complexity index is 276. The molecule has 70 valence electrons. The maximum atomic E-state index is 10.9. The number of carbonyl (C=O) groups is 2. The maximum absolute atomic E-state index is 10.9. The standard InChI is InChI=1S/C6H10O5S/c1-5(7)4-12(10,11)3-2-6(8)9/h2-4H2,1H3,(H,8,9). The lowest BCUT2D eigenvalue weighted by Gasteiger charge is -1.97. The van der Waals surface area contributed by atoms with E-state index in [1.54, 1.807) is 0 Å². The van der Waals surface area contributed by atoms with E-state index < -0.39 is 39.5 Å². The van der Waals surface area contributed by atoms with E-state index in [2.05, 4.69) is 0 Å². The molecule has 0 aliphatic carbocycles. The molecule has 0 atom stereocenters. The lowest BCUT2D eigenvalue weighted by molar-refractivity contribution is -0.136. The zero-order valence-electron chi connectivity index (χ0n) is 6.61. The van der Waals surface area contributed by atoms with Crippen molar-refractivity contribution < 1.29 is 23.1 Å². The van der Waals surface area contributed by atoms with Gasteiger partial charge in [-0.2, -0.15) is 0 Å². The minimum absolute atomic E-state index is 0.449. The van der Waals surface area contributed by atoms with Crippen LogP contribution in [0.15, 0.2) is 0 Å². The molecular weight excluding hydrogens is 184 g/mol. The van der Waals surface area contributed by atoms with Gasteiger partial charge in [0.25, 0.3) is 0 Å². The van der Waals surface area contributed by atoms with Crippen molar-refractivity contribution in [2.75, 3.05) is 11.5 Å². The van der Waals surface area contributed by atoms with Gasteiger partial charge in [-0.25, -0.2) is 8.42 Å². The molecule has 0 saturated heterocycles. The SMILES string of the molecule is CC(=O)CS(=O)(=O)CCC(=O)O. The summed E-state index contributed by atoms with van der Waals surface area (Å²) in [5, 5.41) is 8.16. The lowest BCUT2D eigenvalue weighted by atomic mass is 10.5. The number of carbonyl (C=O) groups excluding carboxylic acids is 1. The Morgan fingerprint density at radius 1 is 1.33 bits per heavy atom. The molecule has 0 bridgehead atoms. The largest absolute Gasteiger partial charge is 0.481 e. The third-order valence-corrected chi connectivity index (χ3v) is 2.72. The van der Waals surface area contributed by atoms with Crippen molar-refractivity contribution in [3.8, 4) is 0 Å². The Labute approximate surface area is 70.3 Å². The van der Waals surface area contributed by atoms with E-state index in [1.165, 1.54) is 0 Å². The summed E-state index contributed by atoms with van der Waals surface area (Å²) in [7, 11) is -3.51. The van der Waals surface area contributed by atoms with Crippen molar-refractivity contribution >= 4 is 21.6 Å². The second-order valence-electron chi connectivity index (χ2n) is 2.44. The van der Waals surface area contributed by atoms with Crippen molar-refractivity contribution in [2.24, 2.45) is 0 Å². The molecule has 0 unspecified atom stereocenters. The highest BCUT2D eigenvalue weighted by Crippen LogP contribution is 1.94. The van der Waals surface area contributed by atoms with Crippen molar-refractivity contribution in [3.05, 3.63) is 0 Å². The maximum Gasteiger partial charge on any atom is 0.304 e. The van der Waals surface area contributed by atoms with Crippen LogP contribution in [0.5, 0.6) is 0 Å². The van der Waals surface area contributed by atoms with Gasteiger partial charge in [0, 0.05) is 0 Å². The predicted octanol–water partition coefficient (Wildman–Crippen LogP) is -0.535. The number of hydrogen-bond acceptors (Lipinski definition) is 4. The number of ketones is 1. The number of Topliss-reactive ketones (excluding diaryl/α,β-unsaturated/α-hetero) is 1. The molecule has 0 aromatic heterocycles. The Morgan fingerprint density at radius 2 is 1.83 bits per heavy atom. The van der Waals surface area contributed by atoms with Gasteiger partial charge in [-0.15, -0.1) is 0 Å². The van der Waals surface area contributed by atoms with Crippen LogP contribution in [0.2, 0.25) is 0 Å². The minimum Gasteiger partial charge on any atom is -0.481 e. The smallest absolute Gasteiger partial charge is 0.304 e. The molecule has 0 heterocycles. The first kappa shape index (κ1) is 11.1. The molecule has 0 aliphatic heterocycles.